The van der Waals surface area contributed by atoms with E-state index >= 15 is 0 Å². The minimum atomic E-state index is -0.373. The van der Waals surface area contributed by atoms with Gasteiger partial charge in [-0.2, -0.15) is 0 Å². The van der Waals surface area contributed by atoms with Gasteiger partial charge in [0.15, 0.2) is 0 Å². The maximum atomic E-state index is 12.4. The lowest BCUT2D eigenvalue weighted by Crippen LogP contribution is -2.26. The molecule has 140 valence electrons. The summed E-state index contributed by atoms with van der Waals surface area (Å²) in [6.07, 6.45) is 4.02. The topological polar surface area (TPSA) is 81.9 Å². The van der Waals surface area contributed by atoms with Crippen LogP contribution >= 0.6 is 0 Å². The van der Waals surface area contributed by atoms with Gasteiger partial charge in [0.2, 0.25) is 0 Å². The SMILES string of the molecule is COC(=O)CCNC(=O)c1ccccc1OCc1cn2cc(C)ccc2n1. The molecular formula is C20H21N3O4. The molecule has 1 N–H and O–H groups in total. The van der Waals surface area contributed by atoms with E-state index in [-0.39, 0.29) is 31.4 Å². The van der Waals surface area contributed by atoms with Crippen molar-refractivity contribution >= 4 is 17.5 Å². The summed E-state index contributed by atoms with van der Waals surface area (Å²) in [5.74, 6) is -0.219. The van der Waals surface area contributed by atoms with Crippen LogP contribution in [0.1, 0.15) is 28.0 Å². The summed E-state index contributed by atoms with van der Waals surface area (Å²) in [6.45, 7) is 2.46. The summed E-state index contributed by atoms with van der Waals surface area (Å²) in [5, 5.41) is 2.69. The van der Waals surface area contributed by atoms with E-state index in [1.54, 1.807) is 24.3 Å². The summed E-state index contributed by atoms with van der Waals surface area (Å²) < 4.78 is 12.3. The molecule has 0 bridgehead atoms. The minimum absolute atomic E-state index is 0.117. The van der Waals surface area contributed by atoms with Gasteiger partial charge in [0.05, 0.1) is 24.8 Å². The van der Waals surface area contributed by atoms with E-state index in [2.05, 4.69) is 15.0 Å². The molecule has 0 aliphatic rings. The van der Waals surface area contributed by atoms with E-state index in [1.165, 1.54) is 7.11 Å². The van der Waals surface area contributed by atoms with Gasteiger partial charge >= 0.3 is 5.97 Å². The number of carbonyl (C=O) groups excluding carboxylic acids is 2. The molecule has 27 heavy (non-hydrogen) atoms. The number of para-hydroxylation sites is 1. The number of ether oxygens (including phenoxy) is 2. The van der Waals surface area contributed by atoms with Crippen LogP contribution in [-0.2, 0) is 16.1 Å². The Hall–Kier alpha value is -3.35. The quantitative estimate of drug-likeness (QED) is 0.649. The third-order valence-electron chi connectivity index (χ3n) is 4.00. The maximum Gasteiger partial charge on any atom is 0.307 e. The number of methoxy groups -OCH3 is 1. The number of aromatic nitrogens is 2. The Morgan fingerprint density at radius 3 is 2.78 bits per heavy atom. The number of hydrogen-bond acceptors (Lipinski definition) is 5. The van der Waals surface area contributed by atoms with Gasteiger partial charge in [-0.15, -0.1) is 0 Å². The molecule has 7 nitrogen and oxygen atoms in total. The zero-order chi connectivity index (χ0) is 19.2. The fraction of sp³-hybridized carbons (Fsp3) is 0.250. The van der Waals surface area contributed by atoms with Crippen LogP contribution in [0.2, 0.25) is 0 Å². The number of carbonyl (C=O) groups is 2. The number of aryl methyl sites for hydroxylation is 1. The fourth-order valence-corrected chi connectivity index (χ4v) is 2.63. The molecule has 0 aliphatic heterocycles. The van der Waals surface area contributed by atoms with Crippen molar-refractivity contribution in [1.29, 1.82) is 0 Å². The Bertz CT molecular complexity index is 965. The normalized spacial score (nSPS) is 10.6. The molecular weight excluding hydrogens is 346 g/mol. The van der Waals surface area contributed by atoms with Crippen molar-refractivity contribution in [3.63, 3.8) is 0 Å². The molecule has 0 spiro atoms. The Morgan fingerprint density at radius 1 is 1.15 bits per heavy atom. The summed E-state index contributed by atoms with van der Waals surface area (Å²) in [6, 6.07) is 10.9. The van der Waals surface area contributed by atoms with E-state index < -0.39 is 0 Å². The van der Waals surface area contributed by atoms with Crippen LogP contribution in [0.15, 0.2) is 48.8 Å². The second kappa shape index (κ2) is 8.35. The summed E-state index contributed by atoms with van der Waals surface area (Å²) in [7, 11) is 1.31. The van der Waals surface area contributed by atoms with Crippen molar-refractivity contribution in [3.05, 3.63) is 65.6 Å². The number of rotatable bonds is 7. The Morgan fingerprint density at radius 2 is 1.96 bits per heavy atom. The first-order valence-corrected chi connectivity index (χ1v) is 8.58. The fourth-order valence-electron chi connectivity index (χ4n) is 2.63. The first-order chi connectivity index (χ1) is 13.1. The molecule has 0 atom stereocenters. The molecule has 0 unspecified atom stereocenters. The van der Waals surface area contributed by atoms with E-state index in [0.717, 1.165) is 16.9 Å². The molecule has 2 aromatic heterocycles. The first-order valence-electron chi connectivity index (χ1n) is 8.58. The molecule has 0 saturated heterocycles. The Kier molecular flexibility index (Phi) is 5.71. The van der Waals surface area contributed by atoms with Gasteiger partial charge in [0.25, 0.3) is 5.91 Å². The number of esters is 1. The number of imidazole rings is 1. The standard InChI is InChI=1S/C20H21N3O4/c1-14-7-8-18-22-15(12-23(18)11-14)13-27-17-6-4-3-5-16(17)20(25)21-10-9-19(24)26-2/h3-8,11-12H,9-10,13H2,1-2H3,(H,21,25). The molecule has 0 saturated carbocycles. The highest BCUT2D eigenvalue weighted by Gasteiger charge is 2.13. The lowest BCUT2D eigenvalue weighted by Gasteiger charge is -2.10. The maximum absolute atomic E-state index is 12.4. The molecule has 3 rings (SSSR count). The van der Waals surface area contributed by atoms with Crippen molar-refractivity contribution in [1.82, 2.24) is 14.7 Å². The number of nitrogens with zero attached hydrogens (tertiary/aromatic N) is 2. The number of benzene rings is 1. The number of fused-ring (bicyclic) bond motifs is 1. The Balaban J connectivity index is 1.66. The zero-order valence-corrected chi connectivity index (χ0v) is 15.3. The third-order valence-corrected chi connectivity index (χ3v) is 4.00. The van der Waals surface area contributed by atoms with Crippen molar-refractivity contribution in [2.75, 3.05) is 13.7 Å². The second-order valence-corrected chi connectivity index (χ2v) is 6.07. The third kappa shape index (κ3) is 4.63. The Labute approximate surface area is 156 Å². The molecule has 1 aromatic carbocycles. The average Bonchev–Trinajstić information content (AvgIpc) is 3.08. The van der Waals surface area contributed by atoms with Gasteiger partial charge in [-0.25, -0.2) is 4.98 Å². The van der Waals surface area contributed by atoms with Crippen LogP contribution in [0.3, 0.4) is 0 Å². The molecule has 1 amide bonds. The van der Waals surface area contributed by atoms with E-state index in [9.17, 15) is 9.59 Å². The van der Waals surface area contributed by atoms with Crippen LogP contribution in [-0.4, -0.2) is 34.9 Å². The van der Waals surface area contributed by atoms with Crippen molar-refractivity contribution in [2.24, 2.45) is 0 Å². The van der Waals surface area contributed by atoms with Crippen molar-refractivity contribution in [2.45, 2.75) is 20.0 Å². The first kappa shape index (κ1) is 18.4. The predicted octanol–water partition coefficient (Wildman–Crippen LogP) is 2.51. The van der Waals surface area contributed by atoms with Gasteiger partial charge in [0.1, 0.15) is 18.0 Å². The van der Waals surface area contributed by atoms with Crippen molar-refractivity contribution < 1.29 is 19.1 Å². The zero-order valence-electron chi connectivity index (χ0n) is 15.3. The number of nitrogens with one attached hydrogen (secondary N) is 1. The smallest absolute Gasteiger partial charge is 0.307 e. The van der Waals surface area contributed by atoms with Gasteiger partial charge in [0, 0.05) is 18.9 Å². The van der Waals surface area contributed by atoms with Crippen molar-refractivity contribution in [3.8, 4) is 5.75 Å². The van der Waals surface area contributed by atoms with Crippen LogP contribution in [0, 0.1) is 6.92 Å². The molecule has 3 aromatic rings. The highest BCUT2D eigenvalue weighted by molar-refractivity contribution is 5.97. The molecule has 7 heteroatoms. The molecule has 2 heterocycles. The largest absolute Gasteiger partial charge is 0.486 e. The molecule has 0 aliphatic carbocycles. The lowest BCUT2D eigenvalue weighted by molar-refractivity contribution is -0.140. The summed E-state index contributed by atoms with van der Waals surface area (Å²) in [5.41, 5.74) is 3.15. The molecule has 0 fully saturated rings. The van der Waals surface area contributed by atoms with Crippen LogP contribution in [0.25, 0.3) is 5.65 Å². The lowest BCUT2D eigenvalue weighted by atomic mass is 10.2. The average molecular weight is 367 g/mol. The minimum Gasteiger partial charge on any atom is -0.486 e. The monoisotopic (exact) mass is 367 g/mol. The highest BCUT2D eigenvalue weighted by atomic mass is 16.5. The van der Waals surface area contributed by atoms with E-state index in [4.69, 9.17) is 4.74 Å². The van der Waals surface area contributed by atoms with E-state index in [1.807, 2.05) is 35.9 Å². The number of amides is 1. The van der Waals surface area contributed by atoms with Crippen LogP contribution in [0.4, 0.5) is 0 Å². The number of pyridine rings is 1. The van der Waals surface area contributed by atoms with Gasteiger partial charge in [-0.3, -0.25) is 9.59 Å². The van der Waals surface area contributed by atoms with Crippen LogP contribution < -0.4 is 10.1 Å². The van der Waals surface area contributed by atoms with E-state index in [0.29, 0.717) is 11.3 Å². The summed E-state index contributed by atoms with van der Waals surface area (Å²) in [4.78, 5) is 28.0. The molecule has 0 radical (unpaired) electrons. The van der Waals surface area contributed by atoms with Crippen LogP contribution in [0.5, 0.6) is 5.75 Å². The number of hydrogen-bond donors (Lipinski definition) is 1. The van der Waals surface area contributed by atoms with Gasteiger partial charge < -0.3 is 19.2 Å². The van der Waals surface area contributed by atoms with Gasteiger partial charge in [-0.1, -0.05) is 18.2 Å². The summed E-state index contributed by atoms with van der Waals surface area (Å²) >= 11 is 0. The predicted molar refractivity (Wildman–Crippen MR) is 99.7 cm³/mol. The highest BCUT2D eigenvalue weighted by Crippen LogP contribution is 2.19. The van der Waals surface area contributed by atoms with Gasteiger partial charge in [-0.05, 0) is 30.7 Å². The second-order valence-electron chi connectivity index (χ2n) is 6.07.